The fraction of sp³-hybridized carbons (Fsp3) is 0.154. The van der Waals surface area contributed by atoms with E-state index in [0.717, 1.165) is 0 Å². The zero-order valence-electron chi connectivity index (χ0n) is 9.31. The summed E-state index contributed by atoms with van der Waals surface area (Å²) in [6.45, 7) is 0.0947. The molecule has 1 aliphatic heterocycles. The second-order valence-corrected chi connectivity index (χ2v) is 3.79. The van der Waals surface area contributed by atoms with Gasteiger partial charge in [-0.15, -0.1) is 6.42 Å². The maximum Gasteiger partial charge on any atom is 0.331 e. The van der Waals surface area contributed by atoms with Crippen LogP contribution in [0.1, 0.15) is 5.56 Å². The molecule has 0 bridgehead atoms. The highest BCUT2D eigenvalue weighted by molar-refractivity contribution is 6.32. The Morgan fingerprint density at radius 3 is 3.17 bits per heavy atom. The molecular formula is C13H9ClO4. The molecule has 5 heteroatoms. The second kappa shape index (κ2) is 5.48. The van der Waals surface area contributed by atoms with Crippen molar-refractivity contribution in [1.82, 2.24) is 0 Å². The number of esters is 1. The number of hydrogen-bond acceptors (Lipinski definition) is 4. The van der Waals surface area contributed by atoms with E-state index in [1.807, 2.05) is 0 Å². The van der Waals surface area contributed by atoms with Gasteiger partial charge in [-0.25, -0.2) is 4.79 Å². The fourth-order valence-electron chi connectivity index (χ4n) is 1.41. The van der Waals surface area contributed by atoms with Crippen LogP contribution in [0.5, 0.6) is 11.5 Å². The van der Waals surface area contributed by atoms with E-state index < -0.39 is 5.97 Å². The van der Waals surface area contributed by atoms with Crippen LogP contribution in [0.2, 0.25) is 5.02 Å². The number of fused-ring (bicyclic) bond motifs is 1. The van der Waals surface area contributed by atoms with Crippen molar-refractivity contribution in [1.29, 1.82) is 0 Å². The molecule has 0 fully saturated rings. The first kappa shape index (κ1) is 12.3. The van der Waals surface area contributed by atoms with Crippen LogP contribution >= 0.6 is 11.6 Å². The van der Waals surface area contributed by atoms with Crippen molar-refractivity contribution in [3.63, 3.8) is 0 Å². The van der Waals surface area contributed by atoms with Gasteiger partial charge >= 0.3 is 5.97 Å². The summed E-state index contributed by atoms with van der Waals surface area (Å²) in [6, 6.07) is 3.39. The normalized spacial score (nSPS) is 12.4. The molecule has 92 valence electrons. The quantitative estimate of drug-likeness (QED) is 0.477. The minimum atomic E-state index is -0.512. The largest absolute Gasteiger partial charge is 0.454 e. The Bertz CT molecular complexity index is 543. The Morgan fingerprint density at radius 2 is 2.39 bits per heavy atom. The molecule has 0 aromatic heterocycles. The van der Waals surface area contributed by atoms with E-state index in [9.17, 15) is 4.79 Å². The molecule has 4 nitrogen and oxygen atoms in total. The SMILES string of the molecule is C#CCOC(=O)/C=C/c1cc(Cl)c2c(c1)OCO2. The number of rotatable bonds is 3. The van der Waals surface area contributed by atoms with Crippen molar-refractivity contribution in [2.75, 3.05) is 13.4 Å². The van der Waals surface area contributed by atoms with Crippen molar-refractivity contribution < 1.29 is 19.0 Å². The van der Waals surface area contributed by atoms with Gasteiger partial charge in [-0.3, -0.25) is 0 Å². The summed E-state index contributed by atoms with van der Waals surface area (Å²) in [7, 11) is 0. The first-order valence-electron chi connectivity index (χ1n) is 5.08. The van der Waals surface area contributed by atoms with E-state index >= 15 is 0 Å². The average Bonchev–Trinajstić information content (AvgIpc) is 2.82. The van der Waals surface area contributed by atoms with Crippen LogP contribution in [0, 0.1) is 12.3 Å². The molecule has 0 saturated carbocycles. The third-order valence-corrected chi connectivity index (χ3v) is 2.44. The van der Waals surface area contributed by atoms with Gasteiger partial charge in [0.15, 0.2) is 18.1 Å². The molecular weight excluding hydrogens is 256 g/mol. The molecule has 0 aliphatic carbocycles. The smallest absolute Gasteiger partial charge is 0.331 e. The Morgan fingerprint density at radius 1 is 1.56 bits per heavy atom. The zero-order chi connectivity index (χ0) is 13.0. The molecule has 0 atom stereocenters. The Labute approximate surface area is 109 Å². The summed E-state index contributed by atoms with van der Waals surface area (Å²) in [5.41, 5.74) is 0.710. The zero-order valence-corrected chi connectivity index (χ0v) is 10.1. The predicted molar refractivity (Wildman–Crippen MR) is 66.4 cm³/mol. The van der Waals surface area contributed by atoms with Crippen LogP contribution < -0.4 is 9.47 Å². The molecule has 1 aliphatic rings. The van der Waals surface area contributed by atoms with E-state index in [2.05, 4.69) is 10.7 Å². The monoisotopic (exact) mass is 264 g/mol. The third kappa shape index (κ3) is 2.76. The van der Waals surface area contributed by atoms with E-state index in [1.165, 1.54) is 6.08 Å². The lowest BCUT2D eigenvalue weighted by Gasteiger charge is -2.01. The van der Waals surface area contributed by atoms with E-state index in [-0.39, 0.29) is 13.4 Å². The Balaban J connectivity index is 2.11. The lowest BCUT2D eigenvalue weighted by molar-refractivity contribution is -0.136. The van der Waals surface area contributed by atoms with E-state index in [1.54, 1.807) is 18.2 Å². The summed E-state index contributed by atoms with van der Waals surface area (Å²) >= 11 is 5.99. The van der Waals surface area contributed by atoms with Crippen LogP contribution in [0.3, 0.4) is 0 Å². The summed E-state index contributed by atoms with van der Waals surface area (Å²) in [5.74, 6) is 2.77. The highest BCUT2D eigenvalue weighted by Gasteiger charge is 2.17. The Kier molecular flexibility index (Phi) is 3.75. The number of halogens is 1. The van der Waals surface area contributed by atoms with Crippen LogP contribution in [0.4, 0.5) is 0 Å². The second-order valence-electron chi connectivity index (χ2n) is 3.38. The summed E-state index contributed by atoms with van der Waals surface area (Å²) in [6.07, 6.45) is 7.80. The van der Waals surface area contributed by atoms with Crippen LogP contribution in [-0.4, -0.2) is 19.4 Å². The molecule has 0 amide bonds. The number of carbonyl (C=O) groups is 1. The van der Waals surface area contributed by atoms with Crippen LogP contribution in [0.25, 0.3) is 6.08 Å². The van der Waals surface area contributed by atoms with Gasteiger partial charge in [0.25, 0.3) is 0 Å². The lowest BCUT2D eigenvalue weighted by Crippen LogP contribution is -1.99. The maximum absolute atomic E-state index is 11.2. The van der Waals surface area contributed by atoms with Gasteiger partial charge in [-0.1, -0.05) is 17.5 Å². The number of benzene rings is 1. The van der Waals surface area contributed by atoms with Gasteiger partial charge in [-0.2, -0.15) is 0 Å². The van der Waals surface area contributed by atoms with Gasteiger partial charge in [-0.05, 0) is 23.8 Å². The molecule has 0 N–H and O–H groups in total. The molecule has 0 spiro atoms. The maximum atomic E-state index is 11.2. The van der Waals surface area contributed by atoms with Gasteiger partial charge in [0.05, 0.1) is 5.02 Å². The summed E-state index contributed by atoms with van der Waals surface area (Å²) < 4.78 is 15.1. The first-order chi connectivity index (χ1) is 8.70. The summed E-state index contributed by atoms with van der Waals surface area (Å²) in [4.78, 5) is 11.2. The molecule has 2 rings (SSSR count). The molecule has 0 saturated heterocycles. The molecule has 0 unspecified atom stereocenters. The van der Waals surface area contributed by atoms with Crippen LogP contribution in [0.15, 0.2) is 18.2 Å². The van der Waals surface area contributed by atoms with Crippen molar-refractivity contribution >= 4 is 23.6 Å². The average molecular weight is 265 g/mol. The molecule has 1 aromatic rings. The molecule has 0 radical (unpaired) electrons. The topological polar surface area (TPSA) is 44.8 Å². The van der Waals surface area contributed by atoms with Crippen molar-refractivity contribution in [3.05, 3.63) is 28.8 Å². The fourth-order valence-corrected chi connectivity index (χ4v) is 1.68. The van der Waals surface area contributed by atoms with Crippen molar-refractivity contribution in [3.8, 4) is 23.8 Å². The van der Waals surface area contributed by atoms with Gasteiger partial charge in [0.1, 0.15) is 0 Å². The highest BCUT2D eigenvalue weighted by Crippen LogP contribution is 2.39. The molecule has 1 heterocycles. The van der Waals surface area contributed by atoms with E-state index in [0.29, 0.717) is 22.1 Å². The number of terminal acetylenes is 1. The summed E-state index contributed by atoms with van der Waals surface area (Å²) in [5, 5.41) is 0.432. The minimum absolute atomic E-state index is 0.0505. The van der Waals surface area contributed by atoms with Gasteiger partial charge in [0, 0.05) is 6.08 Å². The third-order valence-electron chi connectivity index (χ3n) is 2.16. The molecule has 18 heavy (non-hydrogen) atoms. The highest BCUT2D eigenvalue weighted by atomic mass is 35.5. The van der Waals surface area contributed by atoms with Gasteiger partial charge < -0.3 is 14.2 Å². The number of carbonyl (C=O) groups excluding carboxylic acids is 1. The lowest BCUT2D eigenvalue weighted by atomic mass is 10.2. The predicted octanol–water partition coefficient (Wildman–Crippen LogP) is 2.26. The number of ether oxygens (including phenoxy) is 3. The molecule has 1 aromatic carbocycles. The minimum Gasteiger partial charge on any atom is -0.454 e. The number of hydrogen-bond donors (Lipinski definition) is 0. The standard InChI is InChI=1S/C13H9ClO4/c1-2-5-16-12(15)4-3-9-6-10(14)13-11(7-9)17-8-18-13/h1,3-4,6-7H,5,8H2/b4-3+. The van der Waals surface area contributed by atoms with Crippen molar-refractivity contribution in [2.45, 2.75) is 0 Å². The Hall–Kier alpha value is -2.12. The van der Waals surface area contributed by atoms with E-state index in [4.69, 9.17) is 27.5 Å². The van der Waals surface area contributed by atoms with Gasteiger partial charge in [0.2, 0.25) is 6.79 Å². The first-order valence-corrected chi connectivity index (χ1v) is 5.46. The van der Waals surface area contributed by atoms with Crippen LogP contribution in [-0.2, 0) is 9.53 Å². The van der Waals surface area contributed by atoms with Crippen molar-refractivity contribution in [2.24, 2.45) is 0 Å².